The maximum absolute atomic E-state index is 13.3. The third-order valence-corrected chi connectivity index (χ3v) is 6.40. The predicted octanol–water partition coefficient (Wildman–Crippen LogP) is 4.72. The summed E-state index contributed by atoms with van der Waals surface area (Å²) in [5.74, 6) is 0.423. The number of rotatable bonds is 3. The number of carbonyl (C=O) groups excluding carboxylic acids is 1. The van der Waals surface area contributed by atoms with E-state index in [9.17, 15) is 4.79 Å². The van der Waals surface area contributed by atoms with Crippen molar-refractivity contribution in [3.05, 3.63) is 59.7 Å². The molecule has 2 saturated heterocycles. The zero-order chi connectivity index (χ0) is 19.8. The quantitative estimate of drug-likeness (QED) is 0.651. The summed E-state index contributed by atoms with van der Waals surface area (Å²) in [7, 11) is 0. The molecule has 5 heteroatoms. The van der Waals surface area contributed by atoms with E-state index in [0.29, 0.717) is 11.9 Å². The van der Waals surface area contributed by atoms with Gasteiger partial charge in [0, 0.05) is 25.6 Å². The molecule has 0 aliphatic carbocycles. The molecule has 0 radical (unpaired) electrons. The summed E-state index contributed by atoms with van der Waals surface area (Å²) in [4.78, 5) is 22.2. The Hall–Kier alpha value is -2.82. The maximum Gasteiger partial charge on any atom is 0.298 e. The lowest BCUT2D eigenvalue weighted by molar-refractivity contribution is -0.137. The Morgan fingerprint density at radius 1 is 1.00 bits per heavy atom. The maximum atomic E-state index is 13.3. The van der Waals surface area contributed by atoms with Crippen LogP contribution in [-0.2, 0) is 4.79 Å². The van der Waals surface area contributed by atoms with Crippen LogP contribution < -0.4 is 4.90 Å². The average molecular weight is 389 g/mol. The normalized spacial score (nSPS) is 20.5. The number of aryl methyl sites for hydroxylation is 1. The molecule has 0 unspecified atom stereocenters. The van der Waals surface area contributed by atoms with Crippen LogP contribution in [0.5, 0.6) is 0 Å². The molecule has 0 bridgehead atoms. The molecule has 0 N–H and O–H groups in total. The van der Waals surface area contributed by atoms with Crippen molar-refractivity contribution in [1.82, 2.24) is 9.88 Å². The highest BCUT2D eigenvalue weighted by Crippen LogP contribution is 2.35. The molecule has 2 aliphatic heterocycles. The van der Waals surface area contributed by atoms with E-state index >= 15 is 0 Å². The van der Waals surface area contributed by atoms with Gasteiger partial charge in [-0.1, -0.05) is 42.0 Å². The van der Waals surface area contributed by atoms with E-state index in [0.717, 1.165) is 56.4 Å². The molecule has 1 aromatic heterocycles. The second kappa shape index (κ2) is 7.54. The van der Waals surface area contributed by atoms with Gasteiger partial charge in [-0.05, 0) is 50.3 Å². The van der Waals surface area contributed by atoms with Gasteiger partial charge in [-0.2, -0.15) is 4.98 Å². The lowest BCUT2D eigenvalue weighted by Gasteiger charge is -2.34. The Morgan fingerprint density at radius 2 is 1.76 bits per heavy atom. The molecule has 2 fully saturated rings. The van der Waals surface area contributed by atoms with Gasteiger partial charge in [-0.25, -0.2) is 0 Å². The van der Waals surface area contributed by atoms with E-state index in [4.69, 9.17) is 4.42 Å². The van der Waals surface area contributed by atoms with Gasteiger partial charge < -0.3 is 14.2 Å². The summed E-state index contributed by atoms with van der Waals surface area (Å²) in [5.41, 5.74) is 4.24. The molecule has 2 aliphatic rings. The summed E-state index contributed by atoms with van der Waals surface area (Å²) < 4.78 is 5.91. The summed E-state index contributed by atoms with van der Waals surface area (Å²) >= 11 is 0. The average Bonchev–Trinajstić information content (AvgIpc) is 3.41. The van der Waals surface area contributed by atoms with E-state index in [-0.39, 0.29) is 12.0 Å². The largest absolute Gasteiger partial charge is 0.423 e. The molecule has 1 atom stereocenters. The monoisotopic (exact) mass is 389 g/mol. The Morgan fingerprint density at radius 3 is 2.52 bits per heavy atom. The molecule has 0 spiro atoms. The van der Waals surface area contributed by atoms with E-state index in [1.165, 1.54) is 11.1 Å². The van der Waals surface area contributed by atoms with Crippen LogP contribution in [0.15, 0.2) is 52.9 Å². The molecule has 2 aromatic carbocycles. The van der Waals surface area contributed by atoms with Crippen molar-refractivity contribution in [2.24, 2.45) is 5.92 Å². The number of likely N-dealkylation sites (tertiary alicyclic amines) is 1. The second-order valence-electron chi connectivity index (χ2n) is 8.33. The molecule has 3 heterocycles. The zero-order valence-electron chi connectivity index (χ0n) is 16.9. The number of para-hydroxylation sites is 2. The fraction of sp³-hybridized carbons (Fsp3) is 0.417. The predicted molar refractivity (Wildman–Crippen MR) is 114 cm³/mol. The van der Waals surface area contributed by atoms with Crippen molar-refractivity contribution in [1.29, 1.82) is 0 Å². The van der Waals surface area contributed by atoms with Crippen molar-refractivity contribution in [2.75, 3.05) is 24.5 Å². The van der Waals surface area contributed by atoms with Crippen molar-refractivity contribution in [2.45, 2.75) is 38.6 Å². The van der Waals surface area contributed by atoms with Gasteiger partial charge in [0.25, 0.3) is 6.01 Å². The number of benzene rings is 2. The van der Waals surface area contributed by atoms with Crippen molar-refractivity contribution >= 4 is 23.0 Å². The minimum atomic E-state index is 0.0988. The number of oxazole rings is 1. The first-order valence-electron chi connectivity index (χ1n) is 10.7. The topological polar surface area (TPSA) is 49.6 Å². The van der Waals surface area contributed by atoms with Crippen LogP contribution >= 0.6 is 0 Å². The van der Waals surface area contributed by atoms with E-state index < -0.39 is 0 Å². The number of piperidine rings is 1. The molecule has 3 aromatic rings. The summed E-state index contributed by atoms with van der Waals surface area (Å²) in [6, 6.07) is 17.4. The van der Waals surface area contributed by atoms with Gasteiger partial charge in [0.2, 0.25) is 5.91 Å². The number of aromatic nitrogens is 1. The Kier molecular flexibility index (Phi) is 4.74. The summed E-state index contributed by atoms with van der Waals surface area (Å²) in [6.07, 6.45) is 3.87. The van der Waals surface area contributed by atoms with Crippen LogP contribution in [0, 0.1) is 12.8 Å². The first-order chi connectivity index (χ1) is 14.2. The van der Waals surface area contributed by atoms with E-state index in [1.54, 1.807) is 0 Å². The standard InChI is InChI=1S/C24H27N3O2/c1-17-8-10-18(11-9-17)21-6-4-14-27(21)23(28)19-12-15-26(16-13-19)24-25-20-5-2-3-7-22(20)29-24/h2-3,5,7-11,19,21H,4,6,12-16H2,1H3/t21-/m0/s1. The molecule has 1 amide bonds. The van der Waals surface area contributed by atoms with Gasteiger partial charge in [0.1, 0.15) is 5.52 Å². The van der Waals surface area contributed by atoms with E-state index in [2.05, 4.69) is 46.0 Å². The van der Waals surface area contributed by atoms with Crippen LogP contribution in [0.2, 0.25) is 0 Å². The van der Waals surface area contributed by atoms with Gasteiger partial charge in [0.05, 0.1) is 6.04 Å². The number of carbonyl (C=O) groups is 1. The molecule has 29 heavy (non-hydrogen) atoms. The minimum absolute atomic E-state index is 0.0988. The van der Waals surface area contributed by atoms with Crippen LogP contribution in [0.25, 0.3) is 11.1 Å². The highest BCUT2D eigenvalue weighted by atomic mass is 16.4. The second-order valence-corrected chi connectivity index (χ2v) is 8.33. The highest BCUT2D eigenvalue weighted by molar-refractivity contribution is 5.80. The number of amides is 1. The Bertz CT molecular complexity index is 969. The smallest absolute Gasteiger partial charge is 0.298 e. The third-order valence-electron chi connectivity index (χ3n) is 6.40. The number of nitrogens with zero attached hydrogens (tertiary/aromatic N) is 3. The fourth-order valence-corrected chi connectivity index (χ4v) is 4.71. The molecular formula is C24H27N3O2. The first-order valence-corrected chi connectivity index (χ1v) is 10.7. The van der Waals surface area contributed by atoms with Crippen LogP contribution in [0.1, 0.15) is 42.9 Å². The zero-order valence-corrected chi connectivity index (χ0v) is 16.9. The molecule has 0 saturated carbocycles. The van der Waals surface area contributed by atoms with Crippen LogP contribution in [0.4, 0.5) is 6.01 Å². The Balaban J connectivity index is 1.25. The Labute approximate surface area is 171 Å². The van der Waals surface area contributed by atoms with Gasteiger partial charge in [0.15, 0.2) is 5.58 Å². The van der Waals surface area contributed by atoms with E-state index in [1.807, 2.05) is 24.3 Å². The third kappa shape index (κ3) is 3.50. The first kappa shape index (κ1) is 18.2. The van der Waals surface area contributed by atoms with Gasteiger partial charge in [-0.3, -0.25) is 4.79 Å². The van der Waals surface area contributed by atoms with Crippen molar-refractivity contribution in [3.63, 3.8) is 0 Å². The summed E-state index contributed by atoms with van der Waals surface area (Å²) in [5, 5.41) is 0. The lowest BCUT2D eigenvalue weighted by atomic mass is 9.94. The number of hydrogen-bond donors (Lipinski definition) is 0. The fourth-order valence-electron chi connectivity index (χ4n) is 4.71. The highest BCUT2D eigenvalue weighted by Gasteiger charge is 2.36. The van der Waals surface area contributed by atoms with Crippen LogP contribution in [0.3, 0.4) is 0 Å². The molecule has 150 valence electrons. The number of anilines is 1. The summed E-state index contributed by atoms with van der Waals surface area (Å²) in [6.45, 7) is 4.60. The number of hydrogen-bond acceptors (Lipinski definition) is 4. The van der Waals surface area contributed by atoms with Crippen molar-refractivity contribution in [3.8, 4) is 0 Å². The lowest BCUT2D eigenvalue weighted by Crippen LogP contribution is -2.42. The van der Waals surface area contributed by atoms with Gasteiger partial charge in [-0.15, -0.1) is 0 Å². The molecule has 5 nitrogen and oxygen atoms in total. The minimum Gasteiger partial charge on any atom is -0.423 e. The van der Waals surface area contributed by atoms with Gasteiger partial charge >= 0.3 is 0 Å². The molecule has 5 rings (SSSR count). The number of fused-ring (bicyclic) bond motifs is 1. The van der Waals surface area contributed by atoms with Crippen molar-refractivity contribution < 1.29 is 9.21 Å². The van der Waals surface area contributed by atoms with Crippen LogP contribution in [-0.4, -0.2) is 35.4 Å². The SMILES string of the molecule is Cc1ccc([C@@H]2CCCN2C(=O)C2CCN(c3nc4ccccc4o3)CC2)cc1. The molecular weight excluding hydrogens is 362 g/mol.